The SMILES string of the molecule is CC/C=C\C/C=C\C/C=C\CCCCCCCCCCCC(=O)OCC(COC(=O)CCCCCCCCCCC)OC(=O)CCCCCC/C=C\CCCC. The monoisotopic (exact) mass is 785 g/mol. The van der Waals surface area contributed by atoms with Gasteiger partial charge in [0.1, 0.15) is 13.2 Å². The van der Waals surface area contributed by atoms with Crippen molar-refractivity contribution in [2.45, 2.75) is 239 Å². The lowest BCUT2D eigenvalue weighted by Crippen LogP contribution is -2.30. The Balaban J connectivity index is 4.27. The first-order valence-corrected chi connectivity index (χ1v) is 23.6. The van der Waals surface area contributed by atoms with Gasteiger partial charge in [0.05, 0.1) is 0 Å². The maximum absolute atomic E-state index is 12.7. The van der Waals surface area contributed by atoms with Gasteiger partial charge in [-0.2, -0.15) is 0 Å². The summed E-state index contributed by atoms with van der Waals surface area (Å²) in [4.78, 5) is 37.7. The minimum atomic E-state index is -0.775. The molecule has 0 aliphatic carbocycles. The zero-order chi connectivity index (χ0) is 40.8. The van der Waals surface area contributed by atoms with Gasteiger partial charge in [0.15, 0.2) is 6.10 Å². The fourth-order valence-electron chi connectivity index (χ4n) is 6.50. The quantitative estimate of drug-likeness (QED) is 0.0265. The lowest BCUT2D eigenvalue weighted by atomic mass is 10.1. The van der Waals surface area contributed by atoms with Gasteiger partial charge in [0.25, 0.3) is 0 Å². The van der Waals surface area contributed by atoms with E-state index in [4.69, 9.17) is 14.2 Å². The van der Waals surface area contributed by atoms with E-state index in [2.05, 4.69) is 69.4 Å². The van der Waals surface area contributed by atoms with Crippen LogP contribution in [0.4, 0.5) is 0 Å². The molecule has 1 unspecified atom stereocenters. The Morgan fingerprint density at radius 2 is 0.714 bits per heavy atom. The van der Waals surface area contributed by atoms with E-state index in [0.717, 1.165) is 96.3 Å². The molecule has 0 aliphatic heterocycles. The highest BCUT2D eigenvalue weighted by Gasteiger charge is 2.19. The van der Waals surface area contributed by atoms with E-state index in [0.29, 0.717) is 19.3 Å². The third-order valence-electron chi connectivity index (χ3n) is 10.1. The van der Waals surface area contributed by atoms with E-state index in [-0.39, 0.29) is 31.1 Å². The molecule has 0 N–H and O–H groups in total. The zero-order valence-electron chi connectivity index (χ0n) is 36.9. The highest BCUT2D eigenvalue weighted by molar-refractivity contribution is 5.71. The molecule has 0 aromatic rings. The van der Waals surface area contributed by atoms with Crippen molar-refractivity contribution in [3.05, 3.63) is 48.6 Å². The number of carbonyl (C=O) groups excluding carboxylic acids is 3. The third kappa shape index (κ3) is 42.5. The van der Waals surface area contributed by atoms with Crippen molar-refractivity contribution in [1.29, 1.82) is 0 Å². The first-order chi connectivity index (χ1) is 27.5. The second-order valence-electron chi connectivity index (χ2n) is 15.6. The molecule has 0 fully saturated rings. The summed E-state index contributed by atoms with van der Waals surface area (Å²) in [6.07, 6.45) is 52.4. The van der Waals surface area contributed by atoms with Crippen LogP contribution in [0, 0.1) is 0 Å². The molecule has 56 heavy (non-hydrogen) atoms. The van der Waals surface area contributed by atoms with Gasteiger partial charge in [0, 0.05) is 19.3 Å². The molecule has 1 atom stereocenters. The Bertz CT molecular complexity index is 996. The minimum absolute atomic E-state index is 0.0780. The number of hydrogen-bond acceptors (Lipinski definition) is 6. The van der Waals surface area contributed by atoms with Crippen LogP contribution in [0.15, 0.2) is 48.6 Å². The van der Waals surface area contributed by atoms with Crippen molar-refractivity contribution in [2.24, 2.45) is 0 Å². The van der Waals surface area contributed by atoms with Gasteiger partial charge in [-0.05, 0) is 70.6 Å². The van der Waals surface area contributed by atoms with Gasteiger partial charge < -0.3 is 14.2 Å². The number of hydrogen-bond donors (Lipinski definition) is 0. The first kappa shape index (κ1) is 53.4. The van der Waals surface area contributed by atoms with Crippen molar-refractivity contribution in [2.75, 3.05) is 13.2 Å². The van der Waals surface area contributed by atoms with Crippen LogP contribution in [0.25, 0.3) is 0 Å². The fraction of sp³-hybridized carbons (Fsp3) is 0.780. The summed E-state index contributed by atoms with van der Waals surface area (Å²) in [7, 11) is 0. The summed E-state index contributed by atoms with van der Waals surface area (Å²) in [5, 5.41) is 0. The summed E-state index contributed by atoms with van der Waals surface area (Å²) < 4.78 is 16.7. The van der Waals surface area contributed by atoms with E-state index in [1.54, 1.807) is 0 Å². The molecular weight excluding hydrogens is 697 g/mol. The molecule has 0 aromatic heterocycles. The van der Waals surface area contributed by atoms with Crippen molar-refractivity contribution >= 4 is 17.9 Å². The standard InChI is InChI=1S/C50H88O6/c1-4-7-10-13-16-19-21-22-23-24-25-26-27-28-29-32-34-37-40-43-49(52)55-46-47(45-54-48(51)42-39-36-33-30-18-15-12-9-6-3)56-50(53)44-41-38-35-31-20-17-14-11-8-5-2/h7,10,14,16-17,19,22-23,47H,4-6,8-9,11-13,15,18,20-21,24-46H2,1-3H3/b10-7-,17-14-,19-16-,23-22-. The fourth-order valence-corrected chi connectivity index (χ4v) is 6.50. The van der Waals surface area contributed by atoms with Gasteiger partial charge in [0.2, 0.25) is 0 Å². The largest absolute Gasteiger partial charge is 0.462 e. The second kappa shape index (κ2) is 45.1. The van der Waals surface area contributed by atoms with Crippen LogP contribution in [0.2, 0.25) is 0 Å². The molecule has 324 valence electrons. The lowest BCUT2D eigenvalue weighted by Gasteiger charge is -2.18. The van der Waals surface area contributed by atoms with Crippen LogP contribution in [0.5, 0.6) is 0 Å². The van der Waals surface area contributed by atoms with Gasteiger partial charge in [-0.3, -0.25) is 14.4 Å². The van der Waals surface area contributed by atoms with Crippen LogP contribution < -0.4 is 0 Å². The van der Waals surface area contributed by atoms with E-state index in [1.165, 1.54) is 96.3 Å². The highest BCUT2D eigenvalue weighted by Crippen LogP contribution is 2.14. The Hall–Kier alpha value is -2.63. The van der Waals surface area contributed by atoms with E-state index >= 15 is 0 Å². The third-order valence-corrected chi connectivity index (χ3v) is 10.1. The van der Waals surface area contributed by atoms with E-state index < -0.39 is 6.10 Å². The van der Waals surface area contributed by atoms with Crippen molar-refractivity contribution < 1.29 is 28.6 Å². The van der Waals surface area contributed by atoms with E-state index in [9.17, 15) is 14.4 Å². The predicted octanol–water partition coefficient (Wildman–Crippen LogP) is 15.1. The van der Waals surface area contributed by atoms with Gasteiger partial charge in [-0.25, -0.2) is 0 Å². The normalized spacial score (nSPS) is 12.4. The number of allylic oxidation sites excluding steroid dienone is 8. The topological polar surface area (TPSA) is 78.9 Å². The molecule has 0 radical (unpaired) electrons. The van der Waals surface area contributed by atoms with Gasteiger partial charge in [-0.1, -0.05) is 191 Å². The number of carbonyl (C=O) groups is 3. The molecule has 0 rings (SSSR count). The highest BCUT2D eigenvalue weighted by atomic mass is 16.6. The molecule has 0 aliphatic rings. The molecule has 6 nitrogen and oxygen atoms in total. The van der Waals surface area contributed by atoms with Crippen molar-refractivity contribution in [3.8, 4) is 0 Å². The zero-order valence-corrected chi connectivity index (χ0v) is 36.9. The van der Waals surface area contributed by atoms with E-state index in [1.807, 2.05) is 0 Å². The summed E-state index contributed by atoms with van der Waals surface area (Å²) in [6.45, 7) is 6.45. The van der Waals surface area contributed by atoms with Crippen LogP contribution in [-0.2, 0) is 28.6 Å². The molecular formula is C50H88O6. The summed E-state index contributed by atoms with van der Waals surface area (Å²) >= 11 is 0. The molecule has 6 heteroatoms. The number of ether oxygens (including phenoxy) is 3. The lowest BCUT2D eigenvalue weighted by molar-refractivity contribution is -0.167. The Morgan fingerprint density at radius 1 is 0.375 bits per heavy atom. The molecule has 0 saturated heterocycles. The summed E-state index contributed by atoms with van der Waals surface area (Å²) in [5.41, 5.74) is 0. The second-order valence-corrected chi connectivity index (χ2v) is 15.6. The van der Waals surface area contributed by atoms with Crippen LogP contribution in [-0.4, -0.2) is 37.2 Å². The number of rotatable bonds is 42. The number of esters is 3. The first-order valence-electron chi connectivity index (χ1n) is 23.6. The van der Waals surface area contributed by atoms with Gasteiger partial charge in [-0.15, -0.1) is 0 Å². The summed E-state index contributed by atoms with van der Waals surface area (Å²) in [6, 6.07) is 0. The van der Waals surface area contributed by atoms with Crippen molar-refractivity contribution in [1.82, 2.24) is 0 Å². The molecule has 0 saturated carbocycles. The molecule has 0 aromatic carbocycles. The Labute approximate surface area is 346 Å². The molecule has 0 amide bonds. The van der Waals surface area contributed by atoms with Gasteiger partial charge >= 0.3 is 17.9 Å². The molecule has 0 heterocycles. The average Bonchev–Trinajstić information content (AvgIpc) is 3.19. The number of unbranched alkanes of at least 4 members (excludes halogenated alkanes) is 23. The average molecular weight is 785 g/mol. The maximum atomic E-state index is 12.7. The Morgan fingerprint density at radius 3 is 1.16 bits per heavy atom. The minimum Gasteiger partial charge on any atom is -0.462 e. The Kier molecular flexibility index (Phi) is 43.0. The predicted molar refractivity (Wildman–Crippen MR) is 238 cm³/mol. The van der Waals surface area contributed by atoms with Crippen molar-refractivity contribution in [3.63, 3.8) is 0 Å². The van der Waals surface area contributed by atoms with Crippen LogP contribution >= 0.6 is 0 Å². The van der Waals surface area contributed by atoms with Crippen LogP contribution in [0.3, 0.4) is 0 Å². The van der Waals surface area contributed by atoms with Crippen LogP contribution in [0.1, 0.15) is 233 Å². The molecule has 0 spiro atoms. The summed E-state index contributed by atoms with van der Waals surface area (Å²) in [5.74, 6) is -0.900. The molecule has 0 bridgehead atoms. The maximum Gasteiger partial charge on any atom is 0.306 e. The smallest absolute Gasteiger partial charge is 0.306 e.